The number of fused-ring (bicyclic) bond motifs is 1. The number of aromatic hydroxyl groups is 1. The highest BCUT2D eigenvalue weighted by molar-refractivity contribution is 6.33. The maximum Gasteiger partial charge on any atom is 0.322 e. The third-order valence-corrected chi connectivity index (χ3v) is 4.51. The number of aliphatic carboxylic acids is 1. The molecule has 0 radical (unpaired) electrons. The quantitative estimate of drug-likeness (QED) is 0.638. The lowest BCUT2D eigenvalue weighted by Gasteiger charge is -2.13. The number of aromatic nitrogens is 1. The largest absolute Gasteiger partial charge is 0.506 e. The molecule has 1 amide bonds. The Morgan fingerprint density at radius 1 is 1.19 bits per heavy atom. The van der Waals surface area contributed by atoms with Gasteiger partial charge in [-0.15, -0.1) is 0 Å². The van der Waals surface area contributed by atoms with Crippen LogP contribution < -0.4 is 10.9 Å². The van der Waals surface area contributed by atoms with Crippen molar-refractivity contribution in [1.29, 1.82) is 0 Å². The number of pyridine rings is 1. The lowest BCUT2D eigenvalue weighted by molar-refractivity contribution is -0.135. The normalized spacial score (nSPS) is 10.7. The Balaban J connectivity index is 2.22. The molecule has 0 spiro atoms. The van der Waals surface area contributed by atoms with E-state index in [1.165, 1.54) is 11.6 Å². The molecule has 2 aromatic carbocycles. The molecule has 3 aromatic rings. The van der Waals surface area contributed by atoms with Crippen molar-refractivity contribution >= 4 is 34.4 Å². The summed E-state index contributed by atoms with van der Waals surface area (Å²) in [5.74, 6) is -2.73. The molecule has 0 aliphatic carbocycles. The minimum atomic E-state index is -1.26. The summed E-state index contributed by atoms with van der Waals surface area (Å²) < 4.78 is 1.22. The number of nitrogens with one attached hydrogen (secondary N) is 1. The van der Waals surface area contributed by atoms with Crippen LogP contribution in [0.3, 0.4) is 0 Å². The number of hydrogen-bond donors (Lipinski definition) is 3. The molecule has 0 fully saturated rings. The zero-order valence-corrected chi connectivity index (χ0v) is 14.9. The van der Waals surface area contributed by atoms with Crippen LogP contribution in [0.5, 0.6) is 5.75 Å². The molecule has 27 heavy (non-hydrogen) atoms. The smallest absolute Gasteiger partial charge is 0.322 e. The van der Waals surface area contributed by atoms with E-state index in [0.717, 1.165) is 5.56 Å². The first kappa shape index (κ1) is 18.5. The monoisotopic (exact) mass is 386 g/mol. The van der Waals surface area contributed by atoms with Gasteiger partial charge in [-0.2, -0.15) is 0 Å². The number of carbonyl (C=O) groups is 2. The Morgan fingerprint density at radius 2 is 1.89 bits per heavy atom. The number of carbonyl (C=O) groups excluding carboxylic acids is 1. The molecule has 0 unspecified atom stereocenters. The van der Waals surface area contributed by atoms with E-state index < -0.39 is 35.3 Å². The summed E-state index contributed by atoms with van der Waals surface area (Å²) in [6, 6.07) is 12.2. The van der Waals surface area contributed by atoms with E-state index in [0.29, 0.717) is 16.1 Å². The van der Waals surface area contributed by atoms with E-state index in [1.54, 1.807) is 30.3 Å². The van der Waals surface area contributed by atoms with Gasteiger partial charge in [-0.1, -0.05) is 35.9 Å². The molecule has 0 bridgehead atoms. The summed E-state index contributed by atoms with van der Waals surface area (Å²) in [6.07, 6.45) is 0. The van der Waals surface area contributed by atoms with Crippen LogP contribution >= 0.6 is 11.6 Å². The second-order valence-corrected chi connectivity index (χ2v) is 6.28. The first-order valence-electron chi connectivity index (χ1n) is 7.92. The van der Waals surface area contributed by atoms with E-state index in [9.17, 15) is 19.5 Å². The molecule has 7 nitrogen and oxygen atoms in total. The summed E-state index contributed by atoms with van der Waals surface area (Å²) in [4.78, 5) is 35.3. The molecule has 1 heterocycles. The predicted octanol–water partition coefficient (Wildman–Crippen LogP) is 2.38. The van der Waals surface area contributed by atoms with Crippen LogP contribution in [0.15, 0.2) is 47.3 Å². The average Bonchev–Trinajstić information content (AvgIpc) is 2.64. The van der Waals surface area contributed by atoms with Crippen molar-refractivity contribution in [3.05, 3.63) is 63.4 Å². The maximum atomic E-state index is 12.5. The molecule has 0 saturated heterocycles. The third kappa shape index (κ3) is 3.37. The molecule has 8 heteroatoms. The van der Waals surface area contributed by atoms with Crippen molar-refractivity contribution in [2.75, 3.05) is 6.54 Å². The lowest BCUT2D eigenvalue weighted by Crippen LogP contribution is -2.35. The molecule has 0 saturated carbocycles. The van der Waals surface area contributed by atoms with Crippen molar-refractivity contribution < 1.29 is 19.8 Å². The SMILES string of the molecule is Cn1c(=O)c(C(=O)NCC(=O)O)c(O)c2cc(-c3ccccc3Cl)ccc21. The van der Waals surface area contributed by atoms with Crippen molar-refractivity contribution in [3.8, 4) is 16.9 Å². The highest BCUT2D eigenvalue weighted by atomic mass is 35.5. The Kier molecular flexibility index (Phi) is 4.87. The van der Waals surface area contributed by atoms with E-state index in [4.69, 9.17) is 16.7 Å². The molecule has 3 N–H and O–H groups in total. The molecular formula is C19H15ClN2O5. The number of halogens is 1. The number of aryl methyl sites for hydroxylation is 1. The fourth-order valence-electron chi connectivity index (χ4n) is 2.84. The van der Waals surface area contributed by atoms with E-state index in [-0.39, 0.29) is 5.39 Å². The van der Waals surface area contributed by atoms with Crippen molar-refractivity contribution in [2.45, 2.75) is 0 Å². The Morgan fingerprint density at radius 3 is 2.56 bits per heavy atom. The number of carboxylic acids is 1. The van der Waals surface area contributed by atoms with Gasteiger partial charge < -0.3 is 20.1 Å². The van der Waals surface area contributed by atoms with Gasteiger partial charge in [0.15, 0.2) is 0 Å². The Bertz CT molecular complexity index is 1140. The summed E-state index contributed by atoms with van der Waals surface area (Å²) in [6.45, 7) is -0.668. The van der Waals surface area contributed by atoms with Crippen molar-refractivity contribution in [1.82, 2.24) is 9.88 Å². The number of benzene rings is 2. The second kappa shape index (κ2) is 7.13. The molecule has 138 valence electrons. The maximum absolute atomic E-state index is 12.5. The van der Waals surface area contributed by atoms with Gasteiger partial charge in [0.25, 0.3) is 11.5 Å². The van der Waals surface area contributed by atoms with E-state index in [1.807, 2.05) is 12.1 Å². The van der Waals surface area contributed by atoms with Crippen LogP contribution in [0.2, 0.25) is 5.02 Å². The highest BCUT2D eigenvalue weighted by Crippen LogP contribution is 2.33. The lowest BCUT2D eigenvalue weighted by atomic mass is 10.0. The summed E-state index contributed by atoms with van der Waals surface area (Å²) in [5.41, 5.74) is 0.601. The van der Waals surface area contributed by atoms with Gasteiger partial charge in [0.2, 0.25) is 0 Å². The summed E-state index contributed by atoms with van der Waals surface area (Å²) >= 11 is 6.22. The topological polar surface area (TPSA) is 109 Å². The Hall–Kier alpha value is -3.32. The van der Waals surface area contributed by atoms with Crippen LogP contribution in [0.25, 0.3) is 22.0 Å². The minimum Gasteiger partial charge on any atom is -0.506 e. The van der Waals surface area contributed by atoms with Crippen LogP contribution in [-0.4, -0.2) is 33.2 Å². The summed E-state index contributed by atoms with van der Waals surface area (Å²) in [7, 11) is 1.47. The molecule has 1 aromatic heterocycles. The van der Waals surface area contributed by atoms with Gasteiger partial charge in [-0.3, -0.25) is 14.4 Å². The van der Waals surface area contributed by atoms with Crippen LogP contribution in [0.4, 0.5) is 0 Å². The molecule has 0 aliphatic rings. The zero-order chi connectivity index (χ0) is 19.7. The third-order valence-electron chi connectivity index (χ3n) is 4.18. The zero-order valence-electron chi connectivity index (χ0n) is 14.2. The van der Waals surface area contributed by atoms with E-state index in [2.05, 4.69) is 5.32 Å². The van der Waals surface area contributed by atoms with Crippen LogP contribution in [-0.2, 0) is 11.8 Å². The predicted molar refractivity (Wildman–Crippen MR) is 101 cm³/mol. The highest BCUT2D eigenvalue weighted by Gasteiger charge is 2.22. The first-order chi connectivity index (χ1) is 12.8. The van der Waals surface area contributed by atoms with Gasteiger partial charge in [-0.25, -0.2) is 0 Å². The van der Waals surface area contributed by atoms with Gasteiger partial charge in [0, 0.05) is 23.0 Å². The number of rotatable bonds is 4. The average molecular weight is 387 g/mol. The van der Waals surface area contributed by atoms with Gasteiger partial charge in [0.05, 0.1) is 5.52 Å². The fourth-order valence-corrected chi connectivity index (χ4v) is 3.09. The van der Waals surface area contributed by atoms with Gasteiger partial charge in [0.1, 0.15) is 17.9 Å². The Labute approximate surface area is 158 Å². The minimum absolute atomic E-state index is 0.273. The molecule has 0 atom stereocenters. The van der Waals surface area contributed by atoms with Crippen molar-refractivity contribution in [3.63, 3.8) is 0 Å². The summed E-state index contributed by atoms with van der Waals surface area (Å²) in [5, 5.41) is 22.1. The molecular weight excluding hydrogens is 372 g/mol. The van der Waals surface area contributed by atoms with Crippen LogP contribution in [0, 0.1) is 0 Å². The second-order valence-electron chi connectivity index (χ2n) is 5.88. The van der Waals surface area contributed by atoms with Crippen molar-refractivity contribution in [2.24, 2.45) is 7.05 Å². The van der Waals surface area contributed by atoms with Crippen LogP contribution in [0.1, 0.15) is 10.4 Å². The molecule has 3 rings (SSSR count). The first-order valence-corrected chi connectivity index (χ1v) is 8.29. The number of hydrogen-bond acceptors (Lipinski definition) is 4. The number of nitrogens with zero attached hydrogens (tertiary/aromatic N) is 1. The number of amides is 1. The molecule has 0 aliphatic heterocycles. The van der Waals surface area contributed by atoms with Gasteiger partial charge >= 0.3 is 5.97 Å². The van der Waals surface area contributed by atoms with E-state index >= 15 is 0 Å². The fraction of sp³-hybridized carbons (Fsp3) is 0.105. The number of carboxylic acid groups (broad SMARTS) is 1. The van der Waals surface area contributed by atoms with Gasteiger partial charge in [-0.05, 0) is 23.8 Å². The standard InChI is InChI=1S/C19H15ClN2O5/c1-22-14-7-6-10(11-4-2-3-5-13(11)20)8-12(14)17(25)16(19(22)27)18(26)21-9-15(23)24/h2-8,25H,9H2,1H3,(H,21,26)(H,23,24).